The fourth-order valence-electron chi connectivity index (χ4n) is 2.52. The lowest BCUT2D eigenvalue weighted by Gasteiger charge is -2.39. The first kappa shape index (κ1) is 13.8. The highest BCUT2D eigenvalue weighted by Gasteiger charge is 2.48. The molecule has 2 N–H and O–H groups in total. The van der Waals surface area contributed by atoms with Crippen molar-refractivity contribution in [3.8, 4) is 0 Å². The molecule has 1 saturated heterocycles. The number of carbonyl (C=O) groups excluding carboxylic acids is 1. The summed E-state index contributed by atoms with van der Waals surface area (Å²) >= 11 is 0. The normalized spacial score (nSPS) is 25.2. The third-order valence-electron chi connectivity index (χ3n) is 3.86. The van der Waals surface area contributed by atoms with Crippen LogP contribution in [0.1, 0.15) is 45.4 Å². The molecule has 0 atom stereocenters. The summed E-state index contributed by atoms with van der Waals surface area (Å²) in [5.41, 5.74) is 5.30. The van der Waals surface area contributed by atoms with Crippen LogP contribution in [-0.2, 0) is 19.0 Å². The van der Waals surface area contributed by atoms with Crippen LogP contribution in [0.15, 0.2) is 0 Å². The van der Waals surface area contributed by atoms with E-state index in [9.17, 15) is 4.79 Å². The summed E-state index contributed by atoms with van der Waals surface area (Å²) in [6.07, 6.45) is 4.38. The molecule has 0 aromatic rings. The molecule has 0 bridgehead atoms. The second kappa shape index (κ2) is 5.55. The Morgan fingerprint density at radius 2 is 1.83 bits per heavy atom. The lowest BCUT2D eigenvalue weighted by atomic mass is 9.79. The molecule has 104 valence electrons. The molecule has 0 unspecified atom stereocenters. The first-order valence-corrected chi connectivity index (χ1v) is 6.84. The minimum absolute atomic E-state index is 0.274. The van der Waals surface area contributed by atoms with E-state index in [4.69, 9.17) is 19.9 Å². The molecule has 1 spiro atoms. The predicted octanol–water partition coefficient (Wildman–Crippen LogP) is 1.34. The van der Waals surface area contributed by atoms with Crippen LogP contribution in [0, 0.1) is 0 Å². The molecule has 0 radical (unpaired) electrons. The highest BCUT2D eigenvalue weighted by atomic mass is 16.7. The zero-order chi connectivity index (χ0) is 13.1. The van der Waals surface area contributed by atoms with Crippen molar-refractivity contribution in [2.45, 2.75) is 56.8 Å². The van der Waals surface area contributed by atoms with Gasteiger partial charge in [-0.25, -0.2) is 0 Å². The van der Waals surface area contributed by atoms with Crippen molar-refractivity contribution in [2.24, 2.45) is 5.73 Å². The summed E-state index contributed by atoms with van der Waals surface area (Å²) in [5.74, 6) is -0.754. The number of unbranched alkanes of at least 4 members (excludes halogenated alkanes) is 1. The second-order valence-electron chi connectivity index (χ2n) is 5.25. The van der Waals surface area contributed by atoms with Crippen molar-refractivity contribution in [1.82, 2.24) is 0 Å². The van der Waals surface area contributed by atoms with Crippen LogP contribution in [-0.4, -0.2) is 37.1 Å². The molecule has 1 heterocycles. The summed E-state index contributed by atoms with van der Waals surface area (Å²) in [5, 5.41) is 0. The summed E-state index contributed by atoms with van der Waals surface area (Å²) in [6.45, 7) is 3.80. The molecule has 1 saturated carbocycles. The fourth-order valence-corrected chi connectivity index (χ4v) is 2.52. The Morgan fingerprint density at radius 3 is 2.39 bits per heavy atom. The number of hydrogen-bond donors (Lipinski definition) is 1. The quantitative estimate of drug-likeness (QED) is 0.608. The van der Waals surface area contributed by atoms with Gasteiger partial charge in [-0.1, -0.05) is 13.3 Å². The standard InChI is InChI=1S/C13H23NO4/c1-2-3-8-16-11(15)12(14)4-6-13(7-5-12)17-9-10-18-13/h2-10,14H2,1H3. The monoisotopic (exact) mass is 257 g/mol. The minimum Gasteiger partial charge on any atom is -0.464 e. The van der Waals surface area contributed by atoms with Crippen molar-refractivity contribution in [2.75, 3.05) is 19.8 Å². The lowest BCUT2D eigenvalue weighted by Crippen LogP contribution is -2.55. The number of hydrogen-bond acceptors (Lipinski definition) is 5. The largest absolute Gasteiger partial charge is 0.464 e. The van der Waals surface area contributed by atoms with E-state index < -0.39 is 11.3 Å². The summed E-state index contributed by atoms with van der Waals surface area (Å²) < 4.78 is 16.5. The molecule has 5 nitrogen and oxygen atoms in total. The van der Waals surface area contributed by atoms with Crippen LogP contribution >= 0.6 is 0 Å². The van der Waals surface area contributed by atoms with E-state index in [1.165, 1.54) is 0 Å². The zero-order valence-electron chi connectivity index (χ0n) is 11.1. The molecule has 1 aliphatic carbocycles. The van der Waals surface area contributed by atoms with Crippen molar-refractivity contribution in [3.05, 3.63) is 0 Å². The molecular formula is C13H23NO4. The average molecular weight is 257 g/mol. The Balaban J connectivity index is 1.84. The number of nitrogens with two attached hydrogens (primary N) is 1. The first-order chi connectivity index (χ1) is 8.60. The van der Waals surface area contributed by atoms with Crippen molar-refractivity contribution in [1.29, 1.82) is 0 Å². The van der Waals surface area contributed by atoms with Crippen molar-refractivity contribution >= 4 is 5.97 Å². The highest BCUT2D eigenvalue weighted by molar-refractivity contribution is 5.80. The van der Waals surface area contributed by atoms with E-state index in [1.807, 2.05) is 0 Å². The Hall–Kier alpha value is -0.650. The van der Waals surface area contributed by atoms with E-state index in [1.54, 1.807) is 0 Å². The van der Waals surface area contributed by atoms with Crippen LogP contribution in [0.25, 0.3) is 0 Å². The van der Waals surface area contributed by atoms with Crippen LogP contribution in [0.4, 0.5) is 0 Å². The third-order valence-corrected chi connectivity index (χ3v) is 3.86. The van der Waals surface area contributed by atoms with E-state index in [0.717, 1.165) is 12.8 Å². The number of rotatable bonds is 4. The van der Waals surface area contributed by atoms with Crippen LogP contribution in [0.2, 0.25) is 0 Å². The molecule has 2 rings (SSSR count). The maximum absolute atomic E-state index is 12.0. The van der Waals surface area contributed by atoms with Gasteiger partial charge < -0.3 is 19.9 Å². The Bertz CT molecular complexity index is 289. The summed E-state index contributed by atoms with van der Waals surface area (Å²) in [7, 11) is 0. The van der Waals surface area contributed by atoms with Gasteiger partial charge in [0.05, 0.1) is 19.8 Å². The van der Waals surface area contributed by atoms with Crippen LogP contribution in [0.3, 0.4) is 0 Å². The third kappa shape index (κ3) is 2.84. The maximum atomic E-state index is 12.0. The van der Waals surface area contributed by atoms with Gasteiger partial charge in [0.15, 0.2) is 5.79 Å². The number of ether oxygens (including phenoxy) is 3. The molecule has 0 aromatic heterocycles. The van der Waals surface area contributed by atoms with E-state index >= 15 is 0 Å². The predicted molar refractivity (Wildman–Crippen MR) is 65.9 cm³/mol. The maximum Gasteiger partial charge on any atom is 0.326 e. The molecule has 0 amide bonds. The topological polar surface area (TPSA) is 70.8 Å². The SMILES string of the molecule is CCCCOC(=O)C1(N)CCC2(CC1)OCCO2. The number of esters is 1. The smallest absolute Gasteiger partial charge is 0.326 e. The first-order valence-electron chi connectivity index (χ1n) is 6.84. The minimum atomic E-state index is -0.853. The van der Waals surface area contributed by atoms with Crippen LogP contribution < -0.4 is 5.73 Å². The van der Waals surface area contributed by atoms with Crippen LogP contribution in [0.5, 0.6) is 0 Å². The van der Waals surface area contributed by atoms with Gasteiger partial charge in [-0.2, -0.15) is 0 Å². The number of carbonyl (C=O) groups is 1. The molecule has 18 heavy (non-hydrogen) atoms. The van der Waals surface area contributed by atoms with Gasteiger partial charge in [0.2, 0.25) is 0 Å². The lowest BCUT2D eigenvalue weighted by molar-refractivity contribution is -0.190. The molecule has 2 fully saturated rings. The van der Waals surface area contributed by atoms with E-state index in [-0.39, 0.29) is 5.97 Å². The average Bonchev–Trinajstić information content (AvgIpc) is 2.83. The van der Waals surface area contributed by atoms with Crippen molar-refractivity contribution < 1.29 is 19.0 Å². The Morgan fingerprint density at radius 1 is 1.22 bits per heavy atom. The summed E-state index contributed by atoms with van der Waals surface area (Å²) in [6, 6.07) is 0. The van der Waals surface area contributed by atoms with E-state index in [0.29, 0.717) is 45.5 Å². The fraction of sp³-hybridized carbons (Fsp3) is 0.923. The van der Waals surface area contributed by atoms with E-state index in [2.05, 4.69) is 6.92 Å². The van der Waals surface area contributed by atoms with Gasteiger partial charge in [0, 0.05) is 12.8 Å². The van der Waals surface area contributed by atoms with Gasteiger partial charge in [-0.05, 0) is 19.3 Å². The molecule has 5 heteroatoms. The van der Waals surface area contributed by atoms with Gasteiger partial charge in [0.25, 0.3) is 0 Å². The molecule has 1 aliphatic heterocycles. The highest BCUT2D eigenvalue weighted by Crippen LogP contribution is 2.39. The second-order valence-corrected chi connectivity index (χ2v) is 5.25. The Labute approximate surface area is 108 Å². The van der Waals surface area contributed by atoms with Gasteiger partial charge >= 0.3 is 5.97 Å². The molecule has 0 aromatic carbocycles. The van der Waals surface area contributed by atoms with Gasteiger partial charge in [-0.3, -0.25) is 4.79 Å². The zero-order valence-corrected chi connectivity index (χ0v) is 11.1. The van der Waals surface area contributed by atoms with Crippen molar-refractivity contribution in [3.63, 3.8) is 0 Å². The Kier molecular flexibility index (Phi) is 4.25. The molecular weight excluding hydrogens is 234 g/mol. The van der Waals surface area contributed by atoms with Gasteiger partial charge in [-0.15, -0.1) is 0 Å². The molecule has 2 aliphatic rings. The summed E-state index contributed by atoms with van der Waals surface area (Å²) in [4.78, 5) is 12.0. The van der Waals surface area contributed by atoms with Gasteiger partial charge in [0.1, 0.15) is 5.54 Å².